The maximum absolute atomic E-state index is 6.36. The summed E-state index contributed by atoms with van der Waals surface area (Å²) in [6, 6.07) is 10.0. The minimum atomic E-state index is 0.625. The molecular formula is C17H17ClN4. The van der Waals surface area contributed by atoms with Crippen LogP contribution in [0.2, 0.25) is 5.02 Å². The second kappa shape index (κ2) is 5.61. The van der Waals surface area contributed by atoms with Crippen LogP contribution in [0.4, 0.5) is 5.82 Å². The number of hydrogen-bond acceptors (Lipinski definition) is 3. The monoisotopic (exact) mass is 312 g/mol. The summed E-state index contributed by atoms with van der Waals surface area (Å²) < 4.78 is 0. The minimum Gasteiger partial charge on any atom is -0.357 e. The van der Waals surface area contributed by atoms with Crippen molar-refractivity contribution in [1.29, 1.82) is 0 Å². The van der Waals surface area contributed by atoms with Gasteiger partial charge in [-0.15, -0.1) is 0 Å². The van der Waals surface area contributed by atoms with Crippen LogP contribution in [0.1, 0.15) is 19.3 Å². The third-order valence-corrected chi connectivity index (χ3v) is 4.47. The summed E-state index contributed by atoms with van der Waals surface area (Å²) in [4.78, 5) is 14.8. The van der Waals surface area contributed by atoms with Crippen molar-refractivity contribution in [3.63, 3.8) is 0 Å². The molecule has 1 fully saturated rings. The Balaban J connectivity index is 1.76. The Bertz CT molecular complexity index is 772. The van der Waals surface area contributed by atoms with Crippen molar-refractivity contribution in [2.24, 2.45) is 0 Å². The first kappa shape index (κ1) is 13.6. The molecule has 22 heavy (non-hydrogen) atoms. The van der Waals surface area contributed by atoms with Crippen LogP contribution in [0.25, 0.3) is 22.4 Å². The number of imidazole rings is 1. The number of halogens is 1. The molecule has 0 radical (unpaired) electrons. The van der Waals surface area contributed by atoms with Gasteiger partial charge in [0, 0.05) is 24.8 Å². The second-order valence-electron chi connectivity index (χ2n) is 5.67. The van der Waals surface area contributed by atoms with Crippen LogP contribution in [-0.4, -0.2) is 28.0 Å². The molecule has 0 unspecified atom stereocenters. The van der Waals surface area contributed by atoms with Gasteiger partial charge >= 0.3 is 0 Å². The number of pyridine rings is 1. The van der Waals surface area contributed by atoms with Crippen molar-refractivity contribution < 1.29 is 0 Å². The van der Waals surface area contributed by atoms with Crippen LogP contribution in [0.15, 0.2) is 36.5 Å². The van der Waals surface area contributed by atoms with E-state index >= 15 is 0 Å². The normalized spacial score (nSPS) is 15.4. The van der Waals surface area contributed by atoms with Crippen molar-refractivity contribution in [3.8, 4) is 11.4 Å². The molecule has 1 aromatic carbocycles. The van der Waals surface area contributed by atoms with Crippen LogP contribution in [0, 0.1) is 0 Å². The van der Waals surface area contributed by atoms with E-state index in [0.29, 0.717) is 5.02 Å². The lowest BCUT2D eigenvalue weighted by molar-refractivity contribution is 0.573. The van der Waals surface area contributed by atoms with E-state index in [1.165, 1.54) is 19.3 Å². The number of hydrogen-bond donors (Lipinski definition) is 1. The first-order valence-corrected chi connectivity index (χ1v) is 8.05. The van der Waals surface area contributed by atoms with E-state index in [9.17, 15) is 0 Å². The summed E-state index contributed by atoms with van der Waals surface area (Å²) in [6.45, 7) is 2.13. The number of nitrogens with one attached hydrogen (secondary N) is 1. The molecule has 0 bridgehead atoms. The average Bonchev–Trinajstić information content (AvgIpc) is 3.00. The summed E-state index contributed by atoms with van der Waals surface area (Å²) >= 11 is 6.36. The number of anilines is 1. The van der Waals surface area contributed by atoms with Gasteiger partial charge in [-0.25, -0.2) is 9.97 Å². The Kier molecular flexibility index (Phi) is 3.47. The van der Waals surface area contributed by atoms with E-state index in [1.54, 1.807) is 6.20 Å². The number of rotatable bonds is 2. The lowest BCUT2D eigenvalue weighted by atomic mass is 10.1. The topological polar surface area (TPSA) is 44.8 Å². The zero-order valence-electron chi connectivity index (χ0n) is 12.2. The predicted octanol–water partition coefficient (Wildman–Crippen LogP) is 4.27. The summed E-state index contributed by atoms with van der Waals surface area (Å²) in [5, 5.41) is 0.625. The Hall–Kier alpha value is -2.07. The molecule has 1 aliphatic rings. The Morgan fingerprint density at radius 2 is 1.91 bits per heavy atom. The number of aromatic nitrogens is 3. The molecule has 1 saturated heterocycles. The lowest BCUT2D eigenvalue weighted by Crippen LogP contribution is -2.30. The third-order valence-electron chi connectivity index (χ3n) is 4.17. The molecule has 1 N–H and O–H groups in total. The van der Waals surface area contributed by atoms with Crippen molar-refractivity contribution in [2.45, 2.75) is 19.3 Å². The van der Waals surface area contributed by atoms with Crippen molar-refractivity contribution in [1.82, 2.24) is 15.0 Å². The SMILES string of the molecule is Clc1cnc(N2CCCCC2)cc1-c1nc2ccccc2[nH]1. The molecule has 0 saturated carbocycles. The molecule has 0 amide bonds. The standard InChI is InChI=1S/C17H17ClN4/c18-13-11-19-16(22-8-4-1-5-9-22)10-12(13)17-20-14-6-2-3-7-15(14)21-17/h2-3,6-7,10-11H,1,4-5,8-9H2,(H,20,21). The molecule has 4 nitrogen and oxygen atoms in total. The van der Waals surface area contributed by atoms with E-state index in [2.05, 4.69) is 19.9 Å². The molecule has 112 valence electrons. The summed E-state index contributed by atoms with van der Waals surface area (Å²) in [5.74, 6) is 1.78. The van der Waals surface area contributed by atoms with Gasteiger partial charge < -0.3 is 9.88 Å². The maximum Gasteiger partial charge on any atom is 0.140 e. The summed E-state index contributed by atoms with van der Waals surface area (Å²) in [5.41, 5.74) is 2.88. The minimum absolute atomic E-state index is 0.625. The lowest BCUT2D eigenvalue weighted by Gasteiger charge is -2.28. The summed E-state index contributed by atoms with van der Waals surface area (Å²) in [6.07, 6.45) is 5.49. The first-order chi connectivity index (χ1) is 10.8. The van der Waals surface area contributed by atoms with Crippen molar-refractivity contribution >= 4 is 28.5 Å². The van der Waals surface area contributed by atoms with Gasteiger partial charge in [-0.05, 0) is 37.5 Å². The number of fused-ring (bicyclic) bond motifs is 1. The fourth-order valence-electron chi connectivity index (χ4n) is 2.99. The fraction of sp³-hybridized carbons (Fsp3) is 0.294. The number of H-pyrrole nitrogens is 1. The van der Waals surface area contributed by atoms with Gasteiger partial charge in [0.25, 0.3) is 0 Å². The highest BCUT2D eigenvalue weighted by Crippen LogP contribution is 2.30. The van der Waals surface area contributed by atoms with Crippen molar-refractivity contribution in [2.75, 3.05) is 18.0 Å². The van der Waals surface area contributed by atoms with Gasteiger partial charge in [-0.2, -0.15) is 0 Å². The van der Waals surface area contributed by atoms with Crippen LogP contribution >= 0.6 is 11.6 Å². The Morgan fingerprint density at radius 3 is 2.73 bits per heavy atom. The third kappa shape index (κ3) is 2.44. The molecule has 2 aromatic heterocycles. The second-order valence-corrected chi connectivity index (χ2v) is 6.08. The van der Waals surface area contributed by atoms with Crippen LogP contribution in [-0.2, 0) is 0 Å². The van der Waals surface area contributed by atoms with Crippen molar-refractivity contribution in [3.05, 3.63) is 41.6 Å². The van der Waals surface area contributed by atoms with Crippen LogP contribution < -0.4 is 4.90 Å². The van der Waals surface area contributed by atoms with Crippen LogP contribution in [0.5, 0.6) is 0 Å². The number of nitrogens with zero attached hydrogens (tertiary/aromatic N) is 3. The van der Waals surface area contributed by atoms with E-state index in [4.69, 9.17) is 11.6 Å². The average molecular weight is 313 g/mol. The molecule has 5 heteroatoms. The van der Waals surface area contributed by atoms with Gasteiger partial charge in [-0.3, -0.25) is 0 Å². The van der Waals surface area contributed by atoms with Gasteiger partial charge in [0.05, 0.1) is 16.1 Å². The van der Waals surface area contributed by atoms with E-state index in [1.807, 2.05) is 30.3 Å². The largest absolute Gasteiger partial charge is 0.357 e. The van der Waals surface area contributed by atoms with Gasteiger partial charge in [-0.1, -0.05) is 23.7 Å². The highest BCUT2D eigenvalue weighted by molar-refractivity contribution is 6.33. The highest BCUT2D eigenvalue weighted by atomic mass is 35.5. The number of benzene rings is 1. The number of aromatic amines is 1. The Morgan fingerprint density at radius 1 is 1.09 bits per heavy atom. The van der Waals surface area contributed by atoms with Gasteiger partial charge in [0.2, 0.25) is 0 Å². The van der Waals surface area contributed by atoms with Crippen LogP contribution in [0.3, 0.4) is 0 Å². The molecule has 1 aliphatic heterocycles. The summed E-state index contributed by atoms with van der Waals surface area (Å²) in [7, 11) is 0. The van der Waals surface area contributed by atoms with Gasteiger partial charge in [0.1, 0.15) is 11.6 Å². The van der Waals surface area contributed by atoms with E-state index in [0.717, 1.165) is 41.3 Å². The first-order valence-electron chi connectivity index (χ1n) is 7.67. The molecule has 0 aliphatic carbocycles. The fourth-order valence-corrected chi connectivity index (χ4v) is 3.18. The van der Waals surface area contributed by atoms with E-state index < -0.39 is 0 Å². The zero-order valence-corrected chi connectivity index (χ0v) is 13.0. The number of piperidine rings is 1. The molecule has 0 atom stereocenters. The maximum atomic E-state index is 6.36. The highest BCUT2D eigenvalue weighted by Gasteiger charge is 2.16. The molecule has 3 aromatic rings. The Labute approximate surface area is 134 Å². The zero-order chi connectivity index (χ0) is 14.9. The quantitative estimate of drug-likeness (QED) is 0.768. The van der Waals surface area contributed by atoms with E-state index in [-0.39, 0.29) is 0 Å². The molecule has 0 spiro atoms. The predicted molar refractivity (Wildman–Crippen MR) is 90.4 cm³/mol. The smallest absolute Gasteiger partial charge is 0.140 e. The molecular weight excluding hydrogens is 296 g/mol. The molecule has 4 rings (SSSR count). The molecule has 3 heterocycles. The number of para-hydroxylation sites is 2. The van der Waals surface area contributed by atoms with Gasteiger partial charge in [0.15, 0.2) is 0 Å².